The Bertz CT molecular complexity index is 852. The van der Waals surface area contributed by atoms with Crippen LogP contribution in [0.15, 0.2) is 35.6 Å². The summed E-state index contributed by atoms with van der Waals surface area (Å²) in [5.41, 5.74) is 1.75. The summed E-state index contributed by atoms with van der Waals surface area (Å²) < 4.78 is 14.5. The summed E-state index contributed by atoms with van der Waals surface area (Å²) in [7, 11) is 0. The Morgan fingerprint density at radius 1 is 1.35 bits per heavy atom. The summed E-state index contributed by atoms with van der Waals surface area (Å²) in [6.07, 6.45) is 1.33. The van der Waals surface area contributed by atoms with Crippen molar-refractivity contribution in [3.8, 4) is 0 Å². The van der Waals surface area contributed by atoms with Crippen molar-refractivity contribution >= 4 is 28.9 Å². The van der Waals surface area contributed by atoms with Crippen LogP contribution < -0.4 is 5.11 Å². The quantitative estimate of drug-likeness (QED) is 0.499. The molecule has 0 bridgehead atoms. The van der Waals surface area contributed by atoms with Gasteiger partial charge in [-0.05, 0) is 24.6 Å². The van der Waals surface area contributed by atoms with Gasteiger partial charge < -0.3 is 9.90 Å². The Labute approximate surface area is 134 Å². The van der Waals surface area contributed by atoms with E-state index in [1.54, 1.807) is 16.8 Å². The molecular weight excluding hydrogens is 321 g/mol. The molecule has 0 aliphatic rings. The zero-order valence-corrected chi connectivity index (χ0v) is 12.8. The monoisotopic (exact) mass is 332 g/mol. The second kappa shape index (κ2) is 6.29. The van der Waals surface area contributed by atoms with Crippen LogP contribution in [0, 0.1) is 5.82 Å². The van der Waals surface area contributed by atoms with Crippen molar-refractivity contribution in [3.05, 3.63) is 42.0 Å². The zero-order chi connectivity index (χ0) is 16.4. The second-order valence-corrected chi connectivity index (χ2v) is 6.13. The molecule has 3 rings (SSSR count). The van der Waals surface area contributed by atoms with E-state index in [4.69, 9.17) is 0 Å². The number of halogens is 1. The average molecular weight is 332 g/mol. The smallest absolute Gasteiger partial charge is 0.183 e. The number of nitrogens with zero attached hydrogens (tertiary/aromatic N) is 5. The number of aromatic nitrogens is 5. The molecule has 0 saturated carbocycles. The first-order valence-corrected chi connectivity index (χ1v) is 7.58. The highest BCUT2D eigenvalue weighted by Crippen LogP contribution is 2.26. The fraction of sp³-hybridized carbons (Fsp3) is 0.214. The van der Waals surface area contributed by atoms with E-state index in [9.17, 15) is 14.3 Å². The fourth-order valence-corrected chi connectivity index (χ4v) is 2.73. The topological polar surface area (TPSA) is 96.6 Å². The number of hydrogen-bond donors (Lipinski definition) is 0. The number of carbonyl (C=O) groups is 1. The van der Waals surface area contributed by atoms with Gasteiger partial charge in [-0.25, -0.2) is 19.0 Å². The predicted molar refractivity (Wildman–Crippen MR) is 78.9 cm³/mol. The van der Waals surface area contributed by atoms with Crippen molar-refractivity contribution < 1.29 is 14.3 Å². The van der Waals surface area contributed by atoms with Gasteiger partial charge in [-0.3, -0.25) is 0 Å². The Morgan fingerprint density at radius 2 is 2.09 bits per heavy atom. The van der Waals surface area contributed by atoms with Gasteiger partial charge in [0, 0.05) is 5.25 Å². The maximum absolute atomic E-state index is 12.9. The standard InChI is InChI=1S/C14H12FN5O2S/c1-8(14(21)22)23-13-11-12(16-7-17-13)20(19-18-11)6-9-2-4-10(15)5-3-9/h2-5,7-8H,6H2,1H3,(H,21,22)/p-1/t8-/m0/s1. The minimum atomic E-state index is -1.18. The largest absolute Gasteiger partial charge is 0.549 e. The number of aliphatic carboxylic acids is 1. The van der Waals surface area contributed by atoms with Crippen molar-refractivity contribution in [2.45, 2.75) is 23.7 Å². The van der Waals surface area contributed by atoms with Gasteiger partial charge in [0.25, 0.3) is 0 Å². The lowest BCUT2D eigenvalue weighted by atomic mass is 10.2. The van der Waals surface area contributed by atoms with Crippen LogP contribution in [0.25, 0.3) is 11.2 Å². The lowest BCUT2D eigenvalue weighted by molar-refractivity contribution is -0.304. The maximum Gasteiger partial charge on any atom is 0.183 e. The highest BCUT2D eigenvalue weighted by atomic mass is 32.2. The van der Waals surface area contributed by atoms with Gasteiger partial charge in [0.2, 0.25) is 0 Å². The molecule has 118 valence electrons. The molecule has 7 nitrogen and oxygen atoms in total. The number of rotatable bonds is 5. The fourth-order valence-electron chi connectivity index (χ4n) is 1.94. The van der Waals surface area contributed by atoms with Crippen LogP contribution in [0.3, 0.4) is 0 Å². The van der Waals surface area contributed by atoms with Crippen LogP contribution in [0.2, 0.25) is 0 Å². The van der Waals surface area contributed by atoms with E-state index in [2.05, 4.69) is 20.3 Å². The average Bonchev–Trinajstić information content (AvgIpc) is 2.94. The summed E-state index contributed by atoms with van der Waals surface area (Å²) >= 11 is 1.02. The third-order valence-electron chi connectivity index (χ3n) is 3.13. The van der Waals surface area contributed by atoms with E-state index >= 15 is 0 Å². The van der Waals surface area contributed by atoms with Crippen LogP contribution in [0.4, 0.5) is 4.39 Å². The first-order chi connectivity index (χ1) is 11.0. The summed E-state index contributed by atoms with van der Waals surface area (Å²) in [6, 6.07) is 6.04. The van der Waals surface area contributed by atoms with E-state index in [-0.39, 0.29) is 5.82 Å². The number of benzene rings is 1. The third kappa shape index (κ3) is 3.29. The van der Waals surface area contributed by atoms with E-state index < -0.39 is 11.2 Å². The molecule has 23 heavy (non-hydrogen) atoms. The van der Waals surface area contributed by atoms with Gasteiger partial charge >= 0.3 is 0 Å². The minimum absolute atomic E-state index is 0.311. The number of carbonyl (C=O) groups excluding carboxylic acids is 1. The molecular formula is C14H11FN5O2S-. The van der Waals surface area contributed by atoms with Crippen LogP contribution in [-0.2, 0) is 11.3 Å². The first-order valence-electron chi connectivity index (χ1n) is 6.71. The van der Waals surface area contributed by atoms with Crippen LogP contribution in [-0.4, -0.2) is 36.2 Å². The van der Waals surface area contributed by atoms with Gasteiger partial charge in [0.05, 0.1) is 12.5 Å². The molecule has 0 unspecified atom stereocenters. The summed E-state index contributed by atoms with van der Waals surface area (Å²) in [5, 5.41) is 18.6. The Morgan fingerprint density at radius 3 is 2.78 bits per heavy atom. The van der Waals surface area contributed by atoms with Gasteiger partial charge in [-0.2, -0.15) is 0 Å². The molecule has 0 fully saturated rings. The normalized spacial score (nSPS) is 12.4. The van der Waals surface area contributed by atoms with E-state index in [0.717, 1.165) is 17.3 Å². The molecule has 0 spiro atoms. The molecule has 2 heterocycles. The molecule has 0 amide bonds. The summed E-state index contributed by atoms with van der Waals surface area (Å²) in [5.74, 6) is -1.49. The van der Waals surface area contributed by atoms with Gasteiger partial charge in [-0.15, -0.1) is 5.10 Å². The van der Waals surface area contributed by atoms with Crippen molar-refractivity contribution in [2.75, 3.05) is 0 Å². The summed E-state index contributed by atoms with van der Waals surface area (Å²) in [4.78, 5) is 19.1. The van der Waals surface area contributed by atoms with Gasteiger partial charge in [-0.1, -0.05) is 29.1 Å². The van der Waals surface area contributed by atoms with Crippen molar-refractivity contribution in [1.29, 1.82) is 0 Å². The van der Waals surface area contributed by atoms with Crippen molar-refractivity contribution in [2.24, 2.45) is 0 Å². The minimum Gasteiger partial charge on any atom is -0.549 e. The highest BCUT2D eigenvalue weighted by Gasteiger charge is 2.15. The van der Waals surface area contributed by atoms with E-state index in [1.165, 1.54) is 25.4 Å². The second-order valence-electron chi connectivity index (χ2n) is 4.80. The summed E-state index contributed by atoms with van der Waals surface area (Å²) in [6.45, 7) is 1.88. The van der Waals surface area contributed by atoms with E-state index in [1.807, 2.05) is 0 Å². The molecule has 3 aromatic rings. The molecule has 0 radical (unpaired) electrons. The number of thioether (sulfide) groups is 1. The molecule has 1 aromatic carbocycles. The zero-order valence-electron chi connectivity index (χ0n) is 12.0. The number of hydrogen-bond acceptors (Lipinski definition) is 7. The molecule has 1 atom stereocenters. The lowest BCUT2D eigenvalue weighted by Gasteiger charge is -2.10. The Balaban J connectivity index is 1.91. The third-order valence-corrected chi connectivity index (χ3v) is 4.20. The molecule has 0 saturated heterocycles. The highest BCUT2D eigenvalue weighted by molar-refractivity contribution is 8.00. The number of fused-ring (bicyclic) bond motifs is 1. The Kier molecular flexibility index (Phi) is 4.20. The van der Waals surface area contributed by atoms with Gasteiger partial charge in [0.1, 0.15) is 17.2 Å². The first kappa shape index (κ1) is 15.3. The van der Waals surface area contributed by atoms with Crippen molar-refractivity contribution in [1.82, 2.24) is 25.0 Å². The molecule has 0 N–H and O–H groups in total. The number of carboxylic acids is 1. The van der Waals surface area contributed by atoms with Crippen molar-refractivity contribution in [3.63, 3.8) is 0 Å². The van der Waals surface area contributed by atoms with Crippen LogP contribution in [0.5, 0.6) is 0 Å². The maximum atomic E-state index is 12.9. The SMILES string of the molecule is C[C@H](Sc1ncnc2c1nnn2Cc1ccc(F)cc1)C(=O)[O-]. The molecule has 2 aromatic heterocycles. The molecule has 0 aliphatic carbocycles. The lowest BCUT2D eigenvalue weighted by Crippen LogP contribution is -2.31. The Hall–Kier alpha value is -2.55. The van der Waals surface area contributed by atoms with Crippen LogP contribution in [0.1, 0.15) is 12.5 Å². The molecule has 9 heteroatoms. The van der Waals surface area contributed by atoms with Crippen LogP contribution >= 0.6 is 11.8 Å². The number of carboxylic acid groups (broad SMARTS) is 1. The van der Waals surface area contributed by atoms with E-state index in [0.29, 0.717) is 22.7 Å². The van der Waals surface area contributed by atoms with Gasteiger partial charge in [0.15, 0.2) is 11.2 Å². The predicted octanol–water partition coefficient (Wildman–Crippen LogP) is 0.639. The molecule has 0 aliphatic heterocycles.